The van der Waals surface area contributed by atoms with E-state index in [2.05, 4.69) is 65.3 Å². The van der Waals surface area contributed by atoms with Crippen molar-refractivity contribution in [3.8, 4) is 0 Å². The van der Waals surface area contributed by atoms with E-state index in [0.717, 1.165) is 5.56 Å². The Balaban J connectivity index is 1.67. The first-order chi connectivity index (χ1) is 11.3. The molecule has 3 aliphatic rings. The van der Waals surface area contributed by atoms with Gasteiger partial charge in [0.15, 0.2) is 0 Å². The van der Waals surface area contributed by atoms with Gasteiger partial charge in [-0.15, -0.1) is 0 Å². The maximum Gasteiger partial charge on any atom is 0.234 e. The van der Waals surface area contributed by atoms with Gasteiger partial charge >= 0.3 is 0 Å². The molecule has 2 unspecified atom stereocenters. The van der Waals surface area contributed by atoms with Crippen molar-refractivity contribution in [3.05, 3.63) is 70.3 Å². The van der Waals surface area contributed by atoms with E-state index >= 15 is 0 Å². The molecule has 0 heterocycles. The number of allylic oxidation sites excluding steroid dienone is 6. The van der Waals surface area contributed by atoms with Crippen molar-refractivity contribution in [1.29, 1.82) is 0 Å². The number of benzene rings is 1. The Hall–Kier alpha value is -2.39. The Morgan fingerprint density at radius 2 is 1.96 bits per heavy atom. The molecule has 3 heteroatoms. The third-order valence-corrected chi connectivity index (χ3v) is 4.76. The van der Waals surface area contributed by atoms with Crippen LogP contribution in [-0.4, -0.2) is 19.5 Å². The highest BCUT2D eigenvalue weighted by Gasteiger charge is 2.32. The van der Waals surface area contributed by atoms with E-state index in [1.165, 1.54) is 22.3 Å². The molecule has 0 saturated carbocycles. The van der Waals surface area contributed by atoms with E-state index in [1.807, 2.05) is 0 Å². The van der Waals surface area contributed by atoms with Gasteiger partial charge in [-0.05, 0) is 47.0 Å². The molecular weight excluding hydrogens is 284 g/mol. The maximum absolute atomic E-state index is 11.6. The molecule has 2 atom stereocenters. The molecule has 3 aliphatic carbocycles. The monoisotopic (exact) mass is 304 g/mol. The first kappa shape index (κ1) is 14.2. The van der Waals surface area contributed by atoms with Gasteiger partial charge in [0.05, 0.1) is 6.54 Å². The van der Waals surface area contributed by atoms with Gasteiger partial charge in [0.2, 0.25) is 5.91 Å². The number of hydrogen-bond donors (Lipinski definition) is 2. The number of amides is 1. The van der Waals surface area contributed by atoms with Gasteiger partial charge in [0, 0.05) is 18.4 Å². The Bertz CT molecular complexity index is 783. The van der Waals surface area contributed by atoms with Gasteiger partial charge in [-0.2, -0.15) is 0 Å². The standard InChI is InChI=1S/C20H20N2O/c1-21-12-18(23)22-11-13-9-16-7-5-14-3-2-4-15-6-8-17(10-13)20(16)19(14)15/h2-10,14,19,21H,11-12H2,1H3,(H,22,23). The fraction of sp³-hybridized carbons (Fsp3) is 0.250. The van der Waals surface area contributed by atoms with Crippen LogP contribution < -0.4 is 10.6 Å². The van der Waals surface area contributed by atoms with E-state index in [0.29, 0.717) is 24.9 Å². The Morgan fingerprint density at radius 1 is 1.13 bits per heavy atom. The van der Waals surface area contributed by atoms with E-state index in [1.54, 1.807) is 7.05 Å². The Labute approximate surface area is 136 Å². The normalized spacial score (nSPS) is 22.6. The van der Waals surface area contributed by atoms with Crippen molar-refractivity contribution in [2.45, 2.75) is 12.5 Å². The highest BCUT2D eigenvalue weighted by atomic mass is 16.1. The average Bonchev–Trinajstić information content (AvgIpc) is 2.58. The molecule has 4 rings (SSSR count). The summed E-state index contributed by atoms with van der Waals surface area (Å²) in [5, 5.41) is 5.82. The summed E-state index contributed by atoms with van der Waals surface area (Å²) in [5.74, 6) is 0.938. The topological polar surface area (TPSA) is 41.1 Å². The van der Waals surface area contributed by atoms with Crippen LogP contribution in [0.2, 0.25) is 0 Å². The summed E-state index contributed by atoms with van der Waals surface area (Å²) >= 11 is 0. The van der Waals surface area contributed by atoms with Gasteiger partial charge in [-0.1, -0.05) is 42.5 Å². The van der Waals surface area contributed by atoms with Crippen molar-refractivity contribution in [2.75, 3.05) is 13.6 Å². The van der Waals surface area contributed by atoms with Crippen molar-refractivity contribution in [3.63, 3.8) is 0 Å². The summed E-state index contributed by atoms with van der Waals surface area (Å²) in [6.45, 7) is 0.918. The second-order valence-corrected chi connectivity index (χ2v) is 6.29. The summed E-state index contributed by atoms with van der Waals surface area (Å²) in [5.41, 5.74) is 6.54. The van der Waals surface area contributed by atoms with Crippen LogP contribution in [-0.2, 0) is 11.3 Å². The zero-order chi connectivity index (χ0) is 15.8. The van der Waals surface area contributed by atoms with E-state index in [-0.39, 0.29) is 5.91 Å². The SMILES string of the molecule is CNCC(=O)NCc1cc2c3c(c1)C=CC1C=CC=C(C=C2)C31. The number of likely N-dealkylation sites (N-methyl/N-ethyl adjacent to an activating group) is 1. The molecule has 23 heavy (non-hydrogen) atoms. The molecule has 0 bridgehead atoms. The molecule has 0 radical (unpaired) electrons. The van der Waals surface area contributed by atoms with Crippen LogP contribution in [0.5, 0.6) is 0 Å². The molecular formula is C20H20N2O. The lowest BCUT2D eigenvalue weighted by atomic mass is 9.69. The lowest BCUT2D eigenvalue weighted by Crippen LogP contribution is -2.31. The first-order valence-electron chi connectivity index (χ1n) is 8.09. The van der Waals surface area contributed by atoms with Crippen LogP contribution in [0.4, 0.5) is 0 Å². The molecule has 2 N–H and O–H groups in total. The second-order valence-electron chi connectivity index (χ2n) is 6.29. The summed E-state index contributed by atoms with van der Waals surface area (Å²) < 4.78 is 0. The van der Waals surface area contributed by atoms with Crippen molar-refractivity contribution in [1.82, 2.24) is 10.6 Å². The van der Waals surface area contributed by atoms with Crippen LogP contribution in [0.25, 0.3) is 12.2 Å². The van der Waals surface area contributed by atoms with Crippen LogP contribution in [0.1, 0.15) is 28.2 Å². The zero-order valence-corrected chi connectivity index (χ0v) is 13.2. The third-order valence-electron chi connectivity index (χ3n) is 4.76. The summed E-state index contributed by atoms with van der Waals surface area (Å²) in [6, 6.07) is 4.42. The van der Waals surface area contributed by atoms with Crippen LogP contribution >= 0.6 is 0 Å². The molecule has 116 valence electrons. The quantitative estimate of drug-likeness (QED) is 0.898. The van der Waals surface area contributed by atoms with Gasteiger partial charge < -0.3 is 10.6 Å². The largest absolute Gasteiger partial charge is 0.351 e. The Kier molecular flexibility index (Phi) is 3.50. The van der Waals surface area contributed by atoms with Gasteiger partial charge in [0.1, 0.15) is 0 Å². The molecule has 1 aromatic rings. The van der Waals surface area contributed by atoms with Crippen molar-refractivity contribution in [2.24, 2.45) is 5.92 Å². The number of carbonyl (C=O) groups is 1. The molecule has 0 saturated heterocycles. The molecule has 1 aromatic carbocycles. The van der Waals surface area contributed by atoms with E-state index in [4.69, 9.17) is 0 Å². The predicted molar refractivity (Wildman–Crippen MR) is 93.7 cm³/mol. The lowest BCUT2D eigenvalue weighted by molar-refractivity contribution is -0.120. The molecule has 1 amide bonds. The first-order valence-corrected chi connectivity index (χ1v) is 8.09. The van der Waals surface area contributed by atoms with E-state index < -0.39 is 0 Å². The zero-order valence-electron chi connectivity index (χ0n) is 13.2. The van der Waals surface area contributed by atoms with Gasteiger partial charge in [-0.25, -0.2) is 0 Å². The van der Waals surface area contributed by atoms with Crippen LogP contribution in [0, 0.1) is 5.92 Å². The number of rotatable bonds is 4. The molecule has 0 spiro atoms. The fourth-order valence-electron chi connectivity index (χ4n) is 3.75. The second kappa shape index (κ2) is 5.67. The van der Waals surface area contributed by atoms with Crippen molar-refractivity contribution >= 4 is 18.1 Å². The Morgan fingerprint density at radius 3 is 2.78 bits per heavy atom. The van der Waals surface area contributed by atoms with Crippen molar-refractivity contribution < 1.29 is 4.79 Å². The summed E-state index contributed by atoms with van der Waals surface area (Å²) in [4.78, 5) is 11.6. The minimum absolute atomic E-state index is 0.0210. The molecule has 0 aromatic heterocycles. The predicted octanol–water partition coefficient (Wildman–Crippen LogP) is 2.77. The minimum atomic E-state index is 0.0210. The highest BCUT2D eigenvalue weighted by molar-refractivity contribution is 5.78. The van der Waals surface area contributed by atoms with E-state index in [9.17, 15) is 4.79 Å². The molecule has 0 aliphatic heterocycles. The highest BCUT2D eigenvalue weighted by Crippen LogP contribution is 2.47. The lowest BCUT2D eigenvalue weighted by Gasteiger charge is -2.35. The van der Waals surface area contributed by atoms with Gasteiger partial charge in [-0.3, -0.25) is 4.79 Å². The smallest absolute Gasteiger partial charge is 0.234 e. The number of carbonyl (C=O) groups excluding carboxylic acids is 1. The molecule has 0 fully saturated rings. The fourth-order valence-corrected chi connectivity index (χ4v) is 3.75. The average molecular weight is 304 g/mol. The molecule has 3 nitrogen and oxygen atoms in total. The van der Waals surface area contributed by atoms with Crippen LogP contribution in [0.3, 0.4) is 0 Å². The summed E-state index contributed by atoms with van der Waals surface area (Å²) in [7, 11) is 1.78. The minimum Gasteiger partial charge on any atom is -0.351 e. The van der Waals surface area contributed by atoms with Crippen LogP contribution in [0.15, 0.2) is 48.1 Å². The number of nitrogens with one attached hydrogen (secondary N) is 2. The van der Waals surface area contributed by atoms with Gasteiger partial charge in [0.25, 0.3) is 0 Å². The number of hydrogen-bond acceptors (Lipinski definition) is 2. The third kappa shape index (κ3) is 2.47. The summed E-state index contributed by atoms with van der Waals surface area (Å²) in [6.07, 6.45) is 15.6. The maximum atomic E-state index is 11.6.